The monoisotopic (exact) mass is 169 g/mol. The maximum atomic E-state index is 10.6. The molecule has 66 valence electrons. The first-order valence-corrected chi connectivity index (χ1v) is 3.56. The first-order valence-electron chi connectivity index (χ1n) is 3.56. The van der Waals surface area contributed by atoms with Crippen LogP contribution in [0.2, 0.25) is 0 Å². The molecular weight excluding hydrogens is 158 g/mol. The second-order valence-corrected chi connectivity index (χ2v) is 2.99. The quantitative estimate of drug-likeness (QED) is 0.500. The Morgan fingerprint density at radius 2 is 2.33 bits per heavy atom. The van der Waals surface area contributed by atoms with Gasteiger partial charge < -0.3 is 15.9 Å². The number of carboxylic acid groups (broad SMARTS) is 1. The second-order valence-electron chi connectivity index (χ2n) is 2.99. The summed E-state index contributed by atoms with van der Waals surface area (Å²) in [6.07, 6.45) is 4.36. The molecule has 0 aromatic rings. The molecule has 0 aromatic heterocycles. The summed E-state index contributed by atoms with van der Waals surface area (Å²) in [5.74, 6) is -1.09. The van der Waals surface area contributed by atoms with Gasteiger partial charge >= 0.3 is 5.97 Å². The van der Waals surface area contributed by atoms with Gasteiger partial charge in [0, 0.05) is 0 Å². The topological polar surface area (TPSA) is 83.5 Å². The van der Waals surface area contributed by atoms with Crippen LogP contribution in [0.25, 0.3) is 0 Å². The molecule has 12 heavy (non-hydrogen) atoms. The maximum absolute atomic E-state index is 10.6. The van der Waals surface area contributed by atoms with Crippen molar-refractivity contribution in [3.8, 4) is 0 Å². The van der Waals surface area contributed by atoms with E-state index in [0.29, 0.717) is 0 Å². The molecule has 1 rings (SSSR count). The van der Waals surface area contributed by atoms with Gasteiger partial charge in [0.15, 0.2) is 0 Å². The molecule has 4 heteroatoms. The number of hydrogen-bond donors (Lipinski definition) is 3. The van der Waals surface area contributed by atoms with Crippen LogP contribution in [0.1, 0.15) is 6.92 Å². The third-order valence-corrected chi connectivity index (χ3v) is 1.92. The Morgan fingerprint density at radius 1 is 1.75 bits per heavy atom. The zero-order chi connectivity index (χ0) is 9.35. The molecule has 0 bridgehead atoms. The lowest BCUT2D eigenvalue weighted by Gasteiger charge is -2.29. The van der Waals surface area contributed by atoms with Gasteiger partial charge in [-0.25, -0.2) is 4.79 Å². The summed E-state index contributed by atoms with van der Waals surface area (Å²) in [7, 11) is 0. The highest BCUT2D eigenvalue weighted by Crippen LogP contribution is 2.21. The summed E-state index contributed by atoms with van der Waals surface area (Å²) in [6, 6.07) is -0.861. The van der Waals surface area contributed by atoms with E-state index in [-0.39, 0.29) is 5.57 Å². The van der Waals surface area contributed by atoms with Crippen LogP contribution in [-0.4, -0.2) is 27.8 Å². The maximum Gasteiger partial charge on any atom is 0.333 e. The molecule has 0 saturated heterocycles. The highest BCUT2D eigenvalue weighted by molar-refractivity contribution is 5.89. The van der Waals surface area contributed by atoms with Crippen molar-refractivity contribution in [3.63, 3.8) is 0 Å². The Kier molecular flexibility index (Phi) is 2.04. The third-order valence-electron chi connectivity index (χ3n) is 1.92. The molecule has 1 aliphatic carbocycles. The Morgan fingerprint density at radius 3 is 2.75 bits per heavy atom. The van der Waals surface area contributed by atoms with Crippen molar-refractivity contribution in [2.75, 3.05) is 0 Å². The van der Waals surface area contributed by atoms with Crippen molar-refractivity contribution in [2.24, 2.45) is 5.73 Å². The molecule has 0 spiro atoms. The average molecular weight is 169 g/mol. The number of allylic oxidation sites excluding steroid dienone is 2. The van der Waals surface area contributed by atoms with Gasteiger partial charge in [0.05, 0.1) is 17.2 Å². The molecule has 0 amide bonds. The molecule has 0 fully saturated rings. The van der Waals surface area contributed by atoms with E-state index in [1.807, 2.05) is 0 Å². The minimum absolute atomic E-state index is 0.0301. The van der Waals surface area contributed by atoms with E-state index in [1.165, 1.54) is 25.2 Å². The SMILES string of the molecule is CC1(O)C=CC=C(C(=O)O)C1N. The van der Waals surface area contributed by atoms with Crippen LogP contribution in [0.5, 0.6) is 0 Å². The fraction of sp³-hybridized carbons (Fsp3) is 0.375. The average Bonchev–Trinajstić information content (AvgIpc) is 1.94. The second kappa shape index (κ2) is 2.73. The molecule has 0 aromatic carbocycles. The van der Waals surface area contributed by atoms with E-state index in [4.69, 9.17) is 10.8 Å². The highest BCUT2D eigenvalue weighted by Gasteiger charge is 2.33. The van der Waals surface area contributed by atoms with Crippen molar-refractivity contribution in [3.05, 3.63) is 23.8 Å². The summed E-state index contributed by atoms with van der Waals surface area (Å²) in [5.41, 5.74) is 4.28. The van der Waals surface area contributed by atoms with Gasteiger partial charge in [-0.15, -0.1) is 0 Å². The van der Waals surface area contributed by atoms with Gasteiger partial charge in [-0.2, -0.15) is 0 Å². The van der Waals surface area contributed by atoms with Gasteiger partial charge in [0.25, 0.3) is 0 Å². The lowest BCUT2D eigenvalue weighted by Crippen LogP contribution is -2.48. The number of aliphatic carboxylic acids is 1. The molecule has 0 aliphatic heterocycles. The Balaban J connectivity index is 2.99. The molecule has 4 N–H and O–H groups in total. The smallest absolute Gasteiger partial charge is 0.333 e. The Hall–Kier alpha value is -1.13. The summed E-state index contributed by atoms with van der Waals surface area (Å²) in [6.45, 7) is 1.48. The molecule has 0 saturated carbocycles. The largest absolute Gasteiger partial charge is 0.478 e. The van der Waals surface area contributed by atoms with Crippen molar-refractivity contribution in [1.82, 2.24) is 0 Å². The third kappa shape index (κ3) is 1.39. The predicted molar refractivity (Wildman–Crippen MR) is 43.5 cm³/mol. The van der Waals surface area contributed by atoms with Gasteiger partial charge in [0.1, 0.15) is 0 Å². The lowest BCUT2D eigenvalue weighted by atomic mass is 9.86. The molecular formula is C8H11NO3. The van der Waals surface area contributed by atoms with Crippen LogP contribution in [0.15, 0.2) is 23.8 Å². The van der Waals surface area contributed by atoms with Crippen LogP contribution in [0.3, 0.4) is 0 Å². The van der Waals surface area contributed by atoms with Crippen LogP contribution in [0.4, 0.5) is 0 Å². The van der Waals surface area contributed by atoms with Gasteiger partial charge in [-0.3, -0.25) is 0 Å². The van der Waals surface area contributed by atoms with E-state index in [0.717, 1.165) is 0 Å². The number of rotatable bonds is 1. The molecule has 2 atom stereocenters. The van der Waals surface area contributed by atoms with Crippen LogP contribution >= 0.6 is 0 Å². The van der Waals surface area contributed by atoms with E-state index in [1.54, 1.807) is 0 Å². The number of aliphatic hydroxyl groups is 1. The summed E-state index contributed by atoms with van der Waals surface area (Å²) in [4.78, 5) is 10.6. The molecule has 0 heterocycles. The van der Waals surface area contributed by atoms with Crippen molar-refractivity contribution in [2.45, 2.75) is 18.6 Å². The minimum atomic E-state index is -1.26. The molecule has 4 nitrogen and oxygen atoms in total. The fourth-order valence-corrected chi connectivity index (χ4v) is 1.07. The zero-order valence-corrected chi connectivity index (χ0v) is 6.69. The first kappa shape index (κ1) is 8.96. The van der Waals surface area contributed by atoms with Crippen LogP contribution in [0, 0.1) is 0 Å². The van der Waals surface area contributed by atoms with E-state index >= 15 is 0 Å². The normalized spacial score (nSPS) is 34.6. The number of nitrogens with two attached hydrogens (primary N) is 1. The van der Waals surface area contributed by atoms with Crippen LogP contribution in [-0.2, 0) is 4.79 Å². The van der Waals surface area contributed by atoms with Crippen molar-refractivity contribution in [1.29, 1.82) is 0 Å². The Labute approximate surface area is 70.0 Å². The first-order chi connectivity index (χ1) is 5.45. The van der Waals surface area contributed by atoms with Crippen LogP contribution < -0.4 is 5.73 Å². The molecule has 0 radical (unpaired) electrons. The Bertz CT molecular complexity index is 265. The number of carboxylic acids is 1. The van der Waals surface area contributed by atoms with Crippen molar-refractivity contribution >= 4 is 5.97 Å². The lowest BCUT2D eigenvalue weighted by molar-refractivity contribution is -0.133. The van der Waals surface area contributed by atoms with Gasteiger partial charge in [-0.05, 0) is 6.92 Å². The van der Waals surface area contributed by atoms with Crippen molar-refractivity contribution < 1.29 is 15.0 Å². The molecule has 1 aliphatic rings. The minimum Gasteiger partial charge on any atom is -0.478 e. The van der Waals surface area contributed by atoms with Gasteiger partial charge in [0.2, 0.25) is 0 Å². The zero-order valence-electron chi connectivity index (χ0n) is 6.69. The van der Waals surface area contributed by atoms with E-state index in [9.17, 15) is 9.90 Å². The number of hydrogen-bond acceptors (Lipinski definition) is 3. The van der Waals surface area contributed by atoms with E-state index in [2.05, 4.69) is 0 Å². The molecule has 2 unspecified atom stereocenters. The summed E-state index contributed by atoms with van der Waals surface area (Å²) in [5, 5.41) is 18.2. The number of carbonyl (C=O) groups is 1. The fourth-order valence-electron chi connectivity index (χ4n) is 1.07. The standard InChI is InChI=1S/C8H11NO3/c1-8(12)4-2-3-5(6(8)9)7(10)11/h2-4,6,12H,9H2,1H3,(H,10,11). The highest BCUT2D eigenvalue weighted by atomic mass is 16.4. The van der Waals surface area contributed by atoms with E-state index < -0.39 is 17.6 Å². The van der Waals surface area contributed by atoms with Gasteiger partial charge in [-0.1, -0.05) is 18.2 Å². The summed E-state index contributed by atoms with van der Waals surface area (Å²) >= 11 is 0. The predicted octanol–water partition coefficient (Wildman–Crippen LogP) is -0.354. The summed E-state index contributed by atoms with van der Waals surface area (Å²) < 4.78 is 0.